The van der Waals surface area contributed by atoms with Crippen LogP contribution in [0.3, 0.4) is 0 Å². The van der Waals surface area contributed by atoms with Crippen LogP contribution >= 0.6 is 0 Å². The number of hydrogen-bond donors (Lipinski definition) is 1. The van der Waals surface area contributed by atoms with Crippen molar-refractivity contribution in [3.05, 3.63) is 24.3 Å². The fourth-order valence-corrected chi connectivity index (χ4v) is 3.98. The lowest BCUT2D eigenvalue weighted by molar-refractivity contribution is -0.140. The van der Waals surface area contributed by atoms with Gasteiger partial charge in [-0.3, -0.25) is 4.79 Å². The van der Waals surface area contributed by atoms with Gasteiger partial charge < -0.3 is 9.84 Å². The lowest BCUT2D eigenvalue weighted by Gasteiger charge is -2.37. The summed E-state index contributed by atoms with van der Waals surface area (Å²) in [6.45, 7) is 7.57. The van der Waals surface area contributed by atoms with Crippen LogP contribution < -0.4 is 0 Å². The first-order valence-electron chi connectivity index (χ1n) is 6.68. The van der Waals surface area contributed by atoms with E-state index in [1.165, 1.54) is 0 Å². The maximum Gasteiger partial charge on any atom is 0.334 e. The highest BCUT2D eigenvalue weighted by molar-refractivity contribution is 5.99. The number of aliphatic hydroxyl groups is 1. The minimum atomic E-state index is -0.922. The van der Waals surface area contributed by atoms with E-state index in [0.717, 1.165) is 0 Å². The van der Waals surface area contributed by atoms with Crippen LogP contribution in [0.4, 0.5) is 0 Å². The van der Waals surface area contributed by atoms with Crippen LogP contribution in [0.2, 0.25) is 0 Å². The second kappa shape index (κ2) is 3.79. The lowest BCUT2D eigenvalue weighted by Crippen LogP contribution is -2.46. The van der Waals surface area contributed by atoms with Crippen molar-refractivity contribution in [1.29, 1.82) is 0 Å². The van der Waals surface area contributed by atoms with E-state index in [0.29, 0.717) is 12.0 Å². The van der Waals surface area contributed by atoms with Crippen LogP contribution in [0.25, 0.3) is 0 Å². The smallest absolute Gasteiger partial charge is 0.334 e. The van der Waals surface area contributed by atoms with Crippen molar-refractivity contribution in [2.75, 3.05) is 0 Å². The molecule has 102 valence electrons. The Morgan fingerprint density at radius 1 is 1.47 bits per heavy atom. The van der Waals surface area contributed by atoms with Crippen LogP contribution in [0.5, 0.6) is 0 Å². The summed E-state index contributed by atoms with van der Waals surface area (Å²) in [5.41, 5.74) is -0.568. The van der Waals surface area contributed by atoms with Gasteiger partial charge in [0.15, 0.2) is 5.78 Å². The Labute approximate surface area is 112 Å². The van der Waals surface area contributed by atoms with Gasteiger partial charge in [-0.1, -0.05) is 19.6 Å². The third-order valence-electron chi connectivity index (χ3n) is 5.17. The van der Waals surface area contributed by atoms with E-state index in [9.17, 15) is 14.7 Å². The summed E-state index contributed by atoms with van der Waals surface area (Å²) in [4.78, 5) is 23.9. The molecule has 0 radical (unpaired) electrons. The molecular formula is C15H18O4. The number of carbonyl (C=O) groups excluding carboxylic acids is 2. The molecular weight excluding hydrogens is 244 g/mol. The molecule has 1 heterocycles. The number of ether oxygens (including phenoxy) is 1. The first-order chi connectivity index (χ1) is 8.87. The van der Waals surface area contributed by atoms with Gasteiger partial charge in [-0.15, -0.1) is 0 Å². The predicted molar refractivity (Wildman–Crippen MR) is 68.0 cm³/mol. The first kappa shape index (κ1) is 12.6. The van der Waals surface area contributed by atoms with Gasteiger partial charge in [-0.25, -0.2) is 4.79 Å². The average Bonchev–Trinajstić information content (AvgIpc) is 2.77. The molecule has 19 heavy (non-hydrogen) atoms. The molecule has 5 unspecified atom stereocenters. The van der Waals surface area contributed by atoms with Crippen LogP contribution in [0.1, 0.15) is 20.3 Å². The fraction of sp³-hybridized carbons (Fsp3) is 0.600. The third-order valence-corrected chi connectivity index (χ3v) is 5.17. The van der Waals surface area contributed by atoms with Gasteiger partial charge in [0.2, 0.25) is 0 Å². The monoisotopic (exact) mass is 262 g/mol. The van der Waals surface area contributed by atoms with Crippen LogP contribution in [0.15, 0.2) is 24.3 Å². The zero-order valence-electron chi connectivity index (χ0n) is 11.1. The summed E-state index contributed by atoms with van der Waals surface area (Å²) >= 11 is 0. The Hall–Kier alpha value is -1.42. The standard InChI is InChI=1S/C15H18O4/c1-7-6-10-12(8(2)14(18)19-10)13(17)15(3)9(7)4-5-11(15)16/h4-5,7,9-10,12-13,17H,2,6H2,1,3H3/t7?,9?,10?,12?,13?,15-/m0/s1. The van der Waals surface area contributed by atoms with Gasteiger partial charge in [0.05, 0.1) is 17.4 Å². The van der Waals surface area contributed by atoms with Crippen LogP contribution in [-0.2, 0) is 14.3 Å². The lowest BCUT2D eigenvalue weighted by atomic mass is 9.67. The number of hydrogen-bond acceptors (Lipinski definition) is 4. The number of ketones is 1. The van der Waals surface area contributed by atoms with Crippen molar-refractivity contribution in [2.24, 2.45) is 23.2 Å². The minimum absolute atomic E-state index is 0.00731. The number of esters is 1. The van der Waals surface area contributed by atoms with E-state index in [1.807, 2.05) is 13.0 Å². The Kier molecular flexibility index (Phi) is 2.52. The summed E-state index contributed by atoms with van der Waals surface area (Å²) < 4.78 is 5.31. The molecule has 3 rings (SSSR count). The number of carbonyl (C=O) groups is 2. The highest BCUT2D eigenvalue weighted by atomic mass is 16.6. The molecule has 2 aliphatic carbocycles. The van der Waals surface area contributed by atoms with E-state index >= 15 is 0 Å². The van der Waals surface area contributed by atoms with Gasteiger partial charge >= 0.3 is 5.97 Å². The first-order valence-corrected chi connectivity index (χ1v) is 6.68. The predicted octanol–water partition coefficient (Wildman–Crippen LogP) is 1.25. The van der Waals surface area contributed by atoms with Crippen LogP contribution in [-0.4, -0.2) is 29.1 Å². The third kappa shape index (κ3) is 1.43. The highest BCUT2D eigenvalue weighted by Gasteiger charge is 2.59. The molecule has 2 fully saturated rings. The molecule has 3 aliphatic rings. The second-order valence-electron chi connectivity index (χ2n) is 6.18. The van der Waals surface area contributed by atoms with Gasteiger partial charge in [0.25, 0.3) is 0 Å². The van der Waals surface area contributed by atoms with E-state index in [-0.39, 0.29) is 23.7 Å². The topological polar surface area (TPSA) is 63.6 Å². The van der Waals surface area contributed by atoms with Gasteiger partial charge in [-0.2, -0.15) is 0 Å². The van der Waals surface area contributed by atoms with Gasteiger partial charge in [0, 0.05) is 5.57 Å². The van der Waals surface area contributed by atoms with E-state index in [4.69, 9.17) is 4.74 Å². The molecule has 1 N–H and O–H groups in total. The van der Waals surface area contributed by atoms with Gasteiger partial charge in [-0.05, 0) is 31.3 Å². The van der Waals surface area contributed by atoms with Crippen molar-refractivity contribution in [2.45, 2.75) is 32.5 Å². The normalized spacial score (nSPS) is 48.8. The number of allylic oxidation sites excluding steroid dienone is 2. The molecule has 0 amide bonds. The molecule has 0 spiro atoms. The molecule has 1 saturated heterocycles. The van der Waals surface area contributed by atoms with Crippen LogP contribution in [0, 0.1) is 23.2 Å². The average molecular weight is 262 g/mol. The quantitative estimate of drug-likeness (QED) is 0.527. The van der Waals surface area contributed by atoms with Crippen molar-refractivity contribution in [3.8, 4) is 0 Å². The number of fused-ring (bicyclic) bond motifs is 2. The summed E-state index contributed by atoms with van der Waals surface area (Å²) in [6, 6.07) is 0. The molecule has 1 aliphatic heterocycles. The molecule has 0 bridgehead atoms. The maximum absolute atomic E-state index is 12.2. The van der Waals surface area contributed by atoms with E-state index in [2.05, 4.69) is 6.58 Å². The Morgan fingerprint density at radius 2 is 2.16 bits per heavy atom. The molecule has 0 aromatic rings. The Bertz CT molecular complexity index is 506. The molecule has 4 heteroatoms. The number of rotatable bonds is 0. The van der Waals surface area contributed by atoms with Crippen molar-refractivity contribution in [3.63, 3.8) is 0 Å². The van der Waals surface area contributed by atoms with E-state index < -0.39 is 23.4 Å². The molecule has 0 aromatic carbocycles. The summed E-state index contributed by atoms with van der Waals surface area (Å²) in [6.07, 6.45) is 2.83. The molecule has 4 nitrogen and oxygen atoms in total. The molecule has 6 atom stereocenters. The Morgan fingerprint density at radius 3 is 2.84 bits per heavy atom. The maximum atomic E-state index is 12.2. The molecule has 1 saturated carbocycles. The van der Waals surface area contributed by atoms with Gasteiger partial charge in [0.1, 0.15) is 6.10 Å². The summed E-state index contributed by atoms with van der Waals surface area (Å²) in [5, 5.41) is 10.7. The second-order valence-corrected chi connectivity index (χ2v) is 6.18. The SMILES string of the molecule is C=C1C(=O)OC2CC(C)C3C=CC(=O)[C@@]3(C)C(O)C12. The summed E-state index contributed by atoms with van der Waals surface area (Å²) in [7, 11) is 0. The van der Waals surface area contributed by atoms with Crippen molar-refractivity contribution < 1.29 is 19.4 Å². The summed E-state index contributed by atoms with van der Waals surface area (Å²) in [5.74, 6) is -0.802. The van der Waals surface area contributed by atoms with Crippen molar-refractivity contribution >= 4 is 11.8 Å². The largest absolute Gasteiger partial charge is 0.458 e. The highest BCUT2D eigenvalue weighted by Crippen LogP contribution is 2.52. The van der Waals surface area contributed by atoms with Crippen molar-refractivity contribution in [1.82, 2.24) is 0 Å². The zero-order chi connectivity index (χ0) is 13.9. The minimum Gasteiger partial charge on any atom is -0.458 e. The number of aliphatic hydroxyl groups excluding tert-OH is 1. The molecule has 0 aromatic heterocycles. The zero-order valence-corrected chi connectivity index (χ0v) is 11.1. The van der Waals surface area contributed by atoms with E-state index in [1.54, 1.807) is 13.0 Å². The fourth-order valence-electron chi connectivity index (χ4n) is 3.98. The Balaban J connectivity index is 2.08.